The van der Waals surface area contributed by atoms with Crippen molar-refractivity contribution in [2.45, 2.75) is 21.9 Å². The smallest absolute Gasteiger partial charge is 0.234 e. The van der Waals surface area contributed by atoms with Crippen molar-refractivity contribution in [2.75, 3.05) is 11.1 Å². The van der Waals surface area contributed by atoms with Gasteiger partial charge in [-0.15, -0.1) is 0 Å². The summed E-state index contributed by atoms with van der Waals surface area (Å²) in [7, 11) is -3.90. The van der Waals surface area contributed by atoms with Crippen LogP contribution >= 0.6 is 11.8 Å². The first-order valence-corrected chi connectivity index (χ1v) is 12.5. The number of carbonyl (C=O) groups is 1. The molecule has 0 atom stereocenters. The summed E-state index contributed by atoms with van der Waals surface area (Å²) < 4.78 is 39.8. The Balaban J connectivity index is 1.63. The Morgan fingerprint density at radius 2 is 1.67 bits per heavy atom. The number of anilines is 1. The predicted molar refractivity (Wildman–Crippen MR) is 126 cm³/mol. The van der Waals surface area contributed by atoms with Gasteiger partial charge in [0.25, 0.3) is 0 Å². The van der Waals surface area contributed by atoms with Gasteiger partial charge in [-0.1, -0.05) is 59.8 Å². The van der Waals surface area contributed by atoms with E-state index in [0.717, 1.165) is 22.9 Å². The largest absolute Gasteiger partial charge is 0.328 e. The molecule has 9 heteroatoms. The number of aromatic nitrogens is 2. The number of thioether (sulfide) groups is 1. The van der Waals surface area contributed by atoms with Crippen LogP contribution in [0.3, 0.4) is 0 Å². The number of halogens is 1. The molecule has 0 bridgehead atoms. The lowest BCUT2D eigenvalue weighted by Crippen LogP contribution is -2.14. The number of aryl methyl sites for hydroxylation is 1. The van der Waals surface area contributed by atoms with Crippen molar-refractivity contribution in [3.05, 3.63) is 90.2 Å². The molecule has 0 aliphatic heterocycles. The molecule has 0 aliphatic rings. The molecular formula is C24H20FN3O3S2. The van der Waals surface area contributed by atoms with E-state index in [1.54, 1.807) is 24.3 Å². The van der Waals surface area contributed by atoms with Crippen LogP contribution in [0.5, 0.6) is 0 Å². The van der Waals surface area contributed by atoms with Crippen molar-refractivity contribution in [2.24, 2.45) is 0 Å². The van der Waals surface area contributed by atoms with Crippen molar-refractivity contribution >= 4 is 33.2 Å². The molecule has 3 aromatic carbocycles. The lowest BCUT2D eigenvalue weighted by atomic mass is 10.2. The zero-order valence-corrected chi connectivity index (χ0v) is 19.2. The highest BCUT2D eigenvalue weighted by Crippen LogP contribution is 2.32. The normalized spacial score (nSPS) is 11.3. The van der Waals surface area contributed by atoms with Gasteiger partial charge in [-0.2, -0.15) is 0 Å². The average molecular weight is 482 g/mol. The summed E-state index contributed by atoms with van der Waals surface area (Å²) in [4.78, 5) is 20.0. The van der Waals surface area contributed by atoms with E-state index in [4.69, 9.17) is 0 Å². The third-order valence-electron chi connectivity index (χ3n) is 4.75. The molecule has 33 heavy (non-hydrogen) atoms. The minimum atomic E-state index is -3.90. The van der Waals surface area contributed by atoms with Gasteiger partial charge >= 0.3 is 0 Å². The fourth-order valence-electron chi connectivity index (χ4n) is 3.05. The number of benzene rings is 3. The van der Waals surface area contributed by atoms with Crippen LogP contribution in [0, 0.1) is 12.7 Å². The fraction of sp³-hybridized carbons (Fsp3) is 0.0833. The van der Waals surface area contributed by atoms with Gasteiger partial charge in [0.2, 0.25) is 15.7 Å². The van der Waals surface area contributed by atoms with Crippen molar-refractivity contribution in [1.82, 2.24) is 9.97 Å². The molecule has 1 amide bonds. The van der Waals surface area contributed by atoms with Crippen LogP contribution in [0.25, 0.3) is 11.4 Å². The molecular weight excluding hydrogens is 461 g/mol. The molecule has 168 valence electrons. The SMILES string of the molecule is Cc1ccc(S(=O)(=O)c2[nH]c(-c3ccccc3)nc2SCC(=O)Nc2ccc(F)cc2)cc1. The maximum absolute atomic E-state index is 13.4. The van der Waals surface area contributed by atoms with E-state index in [-0.39, 0.29) is 26.6 Å². The number of imidazole rings is 1. The van der Waals surface area contributed by atoms with E-state index in [1.807, 2.05) is 37.3 Å². The van der Waals surface area contributed by atoms with Crippen LogP contribution in [0.1, 0.15) is 5.56 Å². The summed E-state index contributed by atoms with van der Waals surface area (Å²) in [5.41, 5.74) is 2.11. The van der Waals surface area contributed by atoms with Crippen molar-refractivity contribution < 1.29 is 17.6 Å². The van der Waals surface area contributed by atoms with Crippen LogP contribution in [0.15, 0.2) is 93.8 Å². The first-order valence-electron chi connectivity index (χ1n) is 9.98. The Kier molecular flexibility index (Phi) is 6.62. The molecule has 0 aliphatic carbocycles. The van der Waals surface area contributed by atoms with E-state index in [9.17, 15) is 17.6 Å². The van der Waals surface area contributed by atoms with Crippen molar-refractivity contribution in [3.8, 4) is 11.4 Å². The molecule has 0 saturated carbocycles. The number of hydrogen-bond acceptors (Lipinski definition) is 5. The maximum atomic E-state index is 13.4. The van der Waals surface area contributed by atoms with Crippen LogP contribution in [-0.4, -0.2) is 30.0 Å². The second kappa shape index (κ2) is 9.60. The Morgan fingerprint density at radius 1 is 1.00 bits per heavy atom. The molecule has 0 radical (unpaired) electrons. The van der Waals surface area contributed by atoms with Gasteiger partial charge < -0.3 is 10.3 Å². The number of H-pyrrole nitrogens is 1. The summed E-state index contributed by atoms with van der Waals surface area (Å²) in [6, 6.07) is 21.1. The third kappa shape index (κ3) is 5.32. The number of rotatable bonds is 7. The number of carbonyl (C=O) groups excluding carboxylic acids is 1. The van der Waals surface area contributed by atoms with Gasteiger partial charge in [-0.05, 0) is 43.3 Å². The minimum absolute atomic E-state index is 0.0650. The van der Waals surface area contributed by atoms with Gasteiger partial charge in [-0.3, -0.25) is 4.79 Å². The van der Waals surface area contributed by atoms with Gasteiger partial charge in [0.05, 0.1) is 10.6 Å². The van der Waals surface area contributed by atoms with Gasteiger partial charge in [0.15, 0.2) is 5.03 Å². The first kappa shape index (κ1) is 22.8. The molecule has 4 rings (SSSR count). The third-order valence-corrected chi connectivity index (χ3v) is 7.58. The zero-order valence-electron chi connectivity index (χ0n) is 17.6. The van der Waals surface area contributed by atoms with E-state index in [1.165, 1.54) is 24.3 Å². The fourth-order valence-corrected chi connectivity index (χ4v) is 5.47. The first-order chi connectivity index (χ1) is 15.8. The number of hydrogen-bond donors (Lipinski definition) is 2. The number of sulfone groups is 1. The van der Waals surface area contributed by atoms with Crippen LogP contribution in [0.2, 0.25) is 0 Å². The Labute approximate surface area is 195 Å². The van der Waals surface area contributed by atoms with E-state index in [0.29, 0.717) is 11.5 Å². The van der Waals surface area contributed by atoms with Gasteiger partial charge in [0, 0.05) is 11.3 Å². The van der Waals surface area contributed by atoms with Crippen LogP contribution in [0.4, 0.5) is 10.1 Å². The number of nitrogens with one attached hydrogen (secondary N) is 2. The Morgan fingerprint density at radius 3 is 2.33 bits per heavy atom. The summed E-state index contributed by atoms with van der Waals surface area (Å²) in [5.74, 6) is -0.456. The highest BCUT2D eigenvalue weighted by atomic mass is 32.2. The number of nitrogens with zero attached hydrogens (tertiary/aromatic N) is 1. The molecule has 1 aromatic heterocycles. The van der Waals surface area contributed by atoms with Gasteiger partial charge in [0.1, 0.15) is 16.7 Å². The molecule has 6 nitrogen and oxygen atoms in total. The topological polar surface area (TPSA) is 91.9 Å². The van der Waals surface area contributed by atoms with Gasteiger partial charge in [-0.25, -0.2) is 17.8 Å². The molecule has 1 heterocycles. The highest BCUT2D eigenvalue weighted by molar-refractivity contribution is 8.00. The monoisotopic (exact) mass is 481 g/mol. The Bertz CT molecular complexity index is 1370. The predicted octanol–water partition coefficient (Wildman–Crippen LogP) is 5.09. The minimum Gasteiger partial charge on any atom is -0.328 e. The molecule has 4 aromatic rings. The molecule has 0 saturated heterocycles. The standard InChI is InChI=1S/C24H20FN3O3S2/c1-16-7-13-20(14-8-16)33(30,31)24-23(27-22(28-24)17-5-3-2-4-6-17)32-15-21(29)26-19-11-9-18(25)10-12-19/h2-14H,15H2,1H3,(H,26,29)(H,27,28). The molecule has 0 unspecified atom stereocenters. The maximum Gasteiger partial charge on any atom is 0.234 e. The van der Waals surface area contributed by atoms with Crippen molar-refractivity contribution in [1.29, 1.82) is 0 Å². The zero-order chi connectivity index (χ0) is 23.4. The summed E-state index contributed by atoms with van der Waals surface area (Å²) in [6.45, 7) is 1.88. The van der Waals surface area contributed by atoms with E-state index < -0.39 is 15.7 Å². The lowest BCUT2D eigenvalue weighted by molar-refractivity contribution is -0.113. The molecule has 0 fully saturated rings. The quantitative estimate of drug-likeness (QED) is 0.359. The second-order valence-corrected chi connectivity index (χ2v) is 10.1. The second-order valence-electron chi connectivity index (χ2n) is 7.25. The lowest BCUT2D eigenvalue weighted by Gasteiger charge is -2.06. The summed E-state index contributed by atoms with van der Waals surface area (Å²) >= 11 is 1.01. The molecule has 0 spiro atoms. The summed E-state index contributed by atoms with van der Waals surface area (Å²) in [6.07, 6.45) is 0. The van der Waals surface area contributed by atoms with E-state index in [2.05, 4.69) is 15.3 Å². The number of amides is 1. The van der Waals surface area contributed by atoms with Crippen LogP contribution < -0.4 is 5.32 Å². The van der Waals surface area contributed by atoms with Crippen molar-refractivity contribution in [3.63, 3.8) is 0 Å². The highest BCUT2D eigenvalue weighted by Gasteiger charge is 2.26. The van der Waals surface area contributed by atoms with Crippen LogP contribution in [-0.2, 0) is 14.6 Å². The van der Waals surface area contributed by atoms with E-state index >= 15 is 0 Å². The Hall–Kier alpha value is -3.43. The average Bonchev–Trinajstić information content (AvgIpc) is 3.25. The molecule has 2 N–H and O–H groups in total. The number of aromatic amines is 1. The summed E-state index contributed by atoms with van der Waals surface area (Å²) in [5, 5.41) is 2.79.